The molecular weight excluding hydrogens is 287 g/mol. The van der Waals surface area contributed by atoms with E-state index in [1.165, 1.54) is 20.8 Å². The molecule has 1 N–H and O–H groups in total. The Morgan fingerprint density at radius 3 is 2.50 bits per heavy atom. The van der Waals surface area contributed by atoms with Crippen LogP contribution in [0.25, 0.3) is 0 Å². The standard InChI is InChI=1S/C12H13FN2O4S/c1-5-8(3)14-20(18,19)12-7(2)6-10(13)11(9(12)4)15(16)17/h1,6,8,14H,2-4H3. The van der Waals surface area contributed by atoms with Gasteiger partial charge < -0.3 is 0 Å². The first-order chi connectivity index (χ1) is 9.11. The van der Waals surface area contributed by atoms with E-state index in [2.05, 4.69) is 10.6 Å². The Balaban J connectivity index is 3.59. The van der Waals surface area contributed by atoms with Crippen molar-refractivity contribution in [1.29, 1.82) is 0 Å². The van der Waals surface area contributed by atoms with E-state index in [9.17, 15) is 22.9 Å². The van der Waals surface area contributed by atoms with Crippen molar-refractivity contribution < 1.29 is 17.7 Å². The fourth-order valence-corrected chi connectivity index (χ4v) is 3.50. The molecule has 0 heterocycles. The van der Waals surface area contributed by atoms with Gasteiger partial charge in [-0.3, -0.25) is 10.1 Å². The summed E-state index contributed by atoms with van der Waals surface area (Å²) >= 11 is 0. The number of nitro groups is 1. The van der Waals surface area contributed by atoms with Crippen LogP contribution in [0.2, 0.25) is 0 Å². The van der Waals surface area contributed by atoms with Crippen molar-refractivity contribution in [2.75, 3.05) is 0 Å². The topological polar surface area (TPSA) is 89.3 Å². The van der Waals surface area contributed by atoms with Crippen molar-refractivity contribution >= 4 is 15.7 Å². The average molecular weight is 300 g/mol. The zero-order valence-corrected chi connectivity index (χ0v) is 11.9. The van der Waals surface area contributed by atoms with Crippen LogP contribution in [-0.4, -0.2) is 19.4 Å². The zero-order valence-electron chi connectivity index (χ0n) is 11.1. The molecule has 0 amide bonds. The maximum Gasteiger partial charge on any atom is 0.309 e. The third kappa shape index (κ3) is 2.95. The fourth-order valence-electron chi connectivity index (χ4n) is 1.87. The molecule has 0 spiro atoms. The summed E-state index contributed by atoms with van der Waals surface area (Å²) in [5.41, 5.74) is -1.05. The predicted molar refractivity (Wildman–Crippen MR) is 71.1 cm³/mol. The van der Waals surface area contributed by atoms with Crippen LogP contribution in [0.15, 0.2) is 11.0 Å². The summed E-state index contributed by atoms with van der Waals surface area (Å²) in [4.78, 5) is 9.55. The average Bonchev–Trinajstić information content (AvgIpc) is 2.25. The van der Waals surface area contributed by atoms with Gasteiger partial charge in [0.1, 0.15) is 0 Å². The summed E-state index contributed by atoms with van der Waals surface area (Å²) in [6.45, 7) is 3.98. The molecule has 0 fully saturated rings. The van der Waals surface area contributed by atoms with Crippen LogP contribution >= 0.6 is 0 Å². The van der Waals surface area contributed by atoms with Crippen molar-refractivity contribution in [1.82, 2.24) is 4.72 Å². The van der Waals surface area contributed by atoms with Gasteiger partial charge in [0.25, 0.3) is 0 Å². The molecule has 0 radical (unpaired) electrons. The molecule has 0 aliphatic heterocycles. The molecule has 1 aromatic rings. The second kappa shape index (κ2) is 5.56. The van der Waals surface area contributed by atoms with Gasteiger partial charge in [-0.1, -0.05) is 5.92 Å². The molecule has 6 nitrogen and oxygen atoms in total. The van der Waals surface area contributed by atoms with Gasteiger partial charge >= 0.3 is 5.69 Å². The summed E-state index contributed by atoms with van der Waals surface area (Å²) in [6, 6.07) is 0.0307. The highest BCUT2D eigenvalue weighted by Crippen LogP contribution is 2.31. The van der Waals surface area contributed by atoms with Gasteiger partial charge in [0.05, 0.1) is 21.4 Å². The molecule has 1 unspecified atom stereocenters. The van der Waals surface area contributed by atoms with Gasteiger partial charge in [-0.05, 0) is 32.4 Å². The third-order valence-corrected chi connectivity index (χ3v) is 4.49. The molecule has 1 rings (SSSR count). The molecule has 108 valence electrons. The summed E-state index contributed by atoms with van der Waals surface area (Å²) < 4.78 is 40.1. The van der Waals surface area contributed by atoms with Crippen LogP contribution in [0.4, 0.5) is 10.1 Å². The fraction of sp³-hybridized carbons (Fsp3) is 0.333. The summed E-state index contributed by atoms with van der Waals surface area (Å²) in [5, 5.41) is 10.8. The Morgan fingerprint density at radius 2 is 2.05 bits per heavy atom. The molecule has 0 aliphatic carbocycles. The number of sulfonamides is 1. The number of nitrogens with zero attached hydrogens (tertiary/aromatic N) is 1. The highest BCUT2D eigenvalue weighted by atomic mass is 32.2. The molecule has 20 heavy (non-hydrogen) atoms. The summed E-state index contributed by atoms with van der Waals surface area (Å²) in [6.07, 6.45) is 5.09. The molecule has 0 saturated heterocycles. The Hall–Kier alpha value is -1.98. The number of terminal acetylenes is 1. The van der Waals surface area contributed by atoms with Crippen molar-refractivity contribution in [3.63, 3.8) is 0 Å². The Bertz CT molecular complexity index is 707. The first-order valence-corrected chi connectivity index (χ1v) is 7.02. The number of hydrogen-bond donors (Lipinski definition) is 1. The van der Waals surface area contributed by atoms with Crippen molar-refractivity contribution in [3.05, 3.63) is 33.1 Å². The number of halogens is 1. The minimum Gasteiger partial charge on any atom is -0.258 e. The molecule has 1 aromatic carbocycles. The number of nitrogens with one attached hydrogen (secondary N) is 1. The lowest BCUT2D eigenvalue weighted by Crippen LogP contribution is -2.32. The van der Waals surface area contributed by atoms with E-state index in [-0.39, 0.29) is 16.0 Å². The van der Waals surface area contributed by atoms with E-state index >= 15 is 0 Å². The van der Waals surface area contributed by atoms with Gasteiger partial charge in [0.2, 0.25) is 15.8 Å². The highest BCUT2D eigenvalue weighted by molar-refractivity contribution is 7.89. The Labute approximate surface area is 116 Å². The van der Waals surface area contributed by atoms with E-state index in [0.29, 0.717) is 0 Å². The molecule has 0 saturated carbocycles. The third-order valence-electron chi connectivity index (χ3n) is 2.66. The van der Waals surface area contributed by atoms with Crippen LogP contribution in [0.1, 0.15) is 18.1 Å². The first kappa shape index (κ1) is 16.1. The van der Waals surface area contributed by atoms with Gasteiger partial charge in [0.15, 0.2) is 0 Å². The van der Waals surface area contributed by atoms with Crippen LogP contribution in [-0.2, 0) is 10.0 Å². The number of hydrogen-bond acceptors (Lipinski definition) is 4. The normalized spacial score (nSPS) is 12.8. The van der Waals surface area contributed by atoms with Crippen molar-refractivity contribution in [2.24, 2.45) is 0 Å². The minimum atomic E-state index is -4.07. The quantitative estimate of drug-likeness (QED) is 0.520. The van der Waals surface area contributed by atoms with Gasteiger partial charge in [-0.2, -0.15) is 9.11 Å². The molecular formula is C12H13FN2O4S. The van der Waals surface area contributed by atoms with Crippen LogP contribution in [0, 0.1) is 42.1 Å². The smallest absolute Gasteiger partial charge is 0.258 e. The summed E-state index contributed by atoms with van der Waals surface area (Å²) in [5.74, 6) is 1.11. The van der Waals surface area contributed by atoms with E-state index in [1.807, 2.05) is 0 Å². The molecule has 0 aromatic heterocycles. The van der Waals surface area contributed by atoms with Crippen LogP contribution < -0.4 is 4.72 Å². The zero-order chi connectivity index (χ0) is 15.7. The lowest BCUT2D eigenvalue weighted by atomic mass is 10.1. The number of benzene rings is 1. The molecule has 8 heteroatoms. The monoisotopic (exact) mass is 300 g/mol. The van der Waals surface area contributed by atoms with Gasteiger partial charge in [0, 0.05) is 0 Å². The van der Waals surface area contributed by atoms with Crippen molar-refractivity contribution in [2.45, 2.75) is 31.7 Å². The second-order valence-electron chi connectivity index (χ2n) is 4.24. The van der Waals surface area contributed by atoms with E-state index in [4.69, 9.17) is 6.42 Å². The maximum absolute atomic E-state index is 13.6. The Kier molecular flexibility index (Phi) is 4.47. The first-order valence-electron chi connectivity index (χ1n) is 5.54. The number of aryl methyl sites for hydroxylation is 1. The van der Waals surface area contributed by atoms with E-state index in [1.54, 1.807) is 0 Å². The molecule has 0 bridgehead atoms. The SMILES string of the molecule is C#CC(C)NS(=O)(=O)c1c(C)cc(F)c([N+](=O)[O-])c1C. The lowest BCUT2D eigenvalue weighted by Gasteiger charge is -2.14. The van der Waals surface area contributed by atoms with Gasteiger partial charge in [-0.25, -0.2) is 8.42 Å². The van der Waals surface area contributed by atoms with E-state index < -0.39 is 32.5 Å². The highest BCUT2D eigenvalue weighted by Gasteiger charge is 2.29. The predicted octanol–water partition coefficient (Wildman–Crippen LogP) is 1.65. The van der Waals surface area contributed by atoms with E-state index in [0.717, 1.165) is 6.07 Å². The second-order valence-corrected chi connectivity index (χ2v) is 5.90. The maximum atomic E-state index is 13.6. The number of nitro benzene ring substituents is 1. The van der Waals surface area contributed by atoms with Gasteiger partial charge in [-0.15, -0.1) is 6.42 Å². The lowest BCUT2D eigenvalue weighted by molar-refractivity contribution is -0.388. The van der Waals surface area contributed by atoms with Crippen LogP contribution in [0.3, 0.4) is 0 Å². The summed E-state index contributed by atoms with van der Waals surface area (Å²) in [7, 11) is -4.07. The Morgan fingerprint density at radius 1 is 1.50 bits per heavy atom. The van der Waals surface area contributed by atoms with Crippen LogP contribution in [0.5, 0.6) is 0 Å². The molecule has 0 aliphatic rings. The molecule has 1 atom stereocenters. The van der Waals surface area contributed by atoms with Crippen molar-refractivity contribution in [3.8, 4) is 12.3 Å². The number of rotatable bonds is 4. The largest absolute Gasteiger partial charge is 0.309 e. The minimum absolute atomic E-state index is 0.0716.